The molecule has 1 aromatic carbocycles. The number of carbonyl (C=O) groups is 2. The standard InChI is InChI=1S/C11H11NO3/c1-9(14)15-12-11(8-13)7-10-5-3-2-4-6-10/h2-6,8H,7H2,1H3/b12-11-. The fourth-order valence-corrected chi connectivity index (χ4v) is 1.02. The van der Waals surface area contributed by atoms with E-state index in [2.05, 4.69) is 9.99 Å². The summed E-state index contributed by atoms with van der Waals surface area (Å²) in [5, 5.41) is 3.44. The Morgan fingerprint density at radius 1 is 1.40 bits per heavy atom. The van der Waals surface area contributed by atoms with Gasteiger partial charge in [0.05, 0.1) is 0 Å². The maximum Gasteiger partial charge on any atom is 0.331 e. The molecule has 0 aliphatic heterocycles. The number of aldehydes is 1. The molecule has 4 nitrogen and oxygen atoms in total. The summed E-state index contributed by atoms with van der Waals surface area (Å²) in [6, 6.07) is 9.35. The van der Waals surface area contributed by atoms with Crippen LogP contribution in [0.5, 0.6) is 0 Å². The molecule has 0 saturated heterocycles. The molecule has 0 aliphatic rings. The number of benzene rings is 1. The highest BCUT2D eigenvalue weighted by Gasteiger charge is 2.01. The summed E-state index contributed by atoms with van der Waals surface area (Å²) in [5.74, 6) is -0.539. The molecular formula is C11H11NO3. The highest BCUT2D eigenvalue weighted by molar-refractivity contribution is 6.28. The van der Waals surface area contributed by atoms with Crippen LogP contribution in [0.3, 0.4) is 0 Å². The molecule has 0 atom stereocenters. The van der Waals surface area contributed by atoms with E-state index in [0.717, 1.165) is 5.56 Å². The minimum absolute atomic E-state index is 0.191. The van der Waals surface area contributed by atoms with Gasteiger partial charge in [0.1, 0.15) is 5.71 Å². The van der Waals surface area contributed by atoms with Crippen molar-refractivity contribution in [3.63, 3.8) is 0 Å². The molecule has 0 saturated carbocycles. The van der Waals surface area contributed by atoms with Crippen LogP contribution < -0.4 is 0 Å². The summed E-state index contributed by atoms with van der Waals surface area (Å²) < 4.78 is 0. The largest absolute Gasteiger partial charge is 0.331 e. The SMILES string of the molecule is CC(=O)O/N=C(\C=O)Cc1ccccc1. The maximum absolute atomic E-state index is 10.6. The number of rotatable bonds is 4. The quantitative estimate of drug-likeness (QED) is 0.322. The van der Waals surface area contributed by atoms with E-state index in [1.165, 1.54) is 6.92 Å². The van der Waals surface area contributed by atoms with Gasteiger partial charge in [-0.05, 0) is 5.56 Å². The molecule has 4 heteroatoms. The fourth-order valence-electron chi connectivity index (χ4n) is 1.02. The van der Waals surface area contributed by atoms with E-state index in [0.29, 0.717) is 12.7 Å². The van der Waals surface area contributed by atoms with Crippen molar-refractivity contribution in [3.8, 4) is 0 Å². The van der Waals surface area contributed by atoms with E-state index in [1.54, 1.807) is 0 Å². The van der Waals surface area contributed by atoms with Gasteiger partial charge in [0.25, 0.3) is 0 Å². The molecule has 0 radical (unpaired) electrons. The Labute approximate surface area is 87.5 Å². The Kier molecular flexibility index (Phi) is 4.22. The van der Waals surface area contributed by atoms with Gasteiger partial charge in [-0.15, -0.1) is 0 Å². The van der Waals surface area contributed by atoms with Crippen LogP contribution in [-0.2, 0) is 20.8 Å². The number of hydrogen-bond donors (Lipinski definition) is 0. The molecule has 0 N–H and O–H groups in total. The monoisotopic (exact) mass is 205 g/mol. The number of hydrogen-bond acceptors (Lipinski definition) is 4. The van der Waals surface area contributed by atoms with Gasteiger partial charge in [-0.25, -0.2) is 4.79 Å². The summed E-state index contributed by atoms with van der Waals surface area (Å²) in [7, 11) is 0. The van der Waals surface area contributed by atoms with Crippen molar-refractivity contribution in [2.45, 2.75) is 13.3 Å². The molecule has 0 aromatic heterocycles. The number of nitrogens with zero attached hydrogens (tertiary/aromatic N) is 1. The van der Waals surface area contributed by atoms with E-state index < -0.39 is 5.97 Å². The summed E-state index contributed by atoms with van der Waals surface area (Å²) in [4.78, 5) is 25.5. The summed E-state index contributed by atoms with van der Waals surface area (Å²) >= 11 is 0. The molecule has 0 amide bonds. The zero-order valence-corrected chi connectivity index (χ0v) is 8.34. The van der Waals surface area contributed by atoms with Crippen LogP contribution in [0.1, 0.15) is 12.5 Å². The van der Waals surface area contributed by atoms with Crippen LogP contribution in [0.25, 0.3) is 0 Å². The smallest absolute Gasteiger partial charge is 0.318 e. The molecule has 0 spiro atoms. The molecule has 0 aliphatic carbocycles. The van der Waals surface area contributed by atoms with E-state index >= 15 is 0 Å². The average molecular weight is 205 g/mol. The van der Waals surface area contributed by atoms with Gasteiger partial charge in [0, 0.05) is 13.3 Å². The lowest BCUT2D eigenvalue weighted by Gasteiger charge is -1.98. The van der Waals surface area contributed by atoms with Crippen molar-refractivity contribution in [3.05, 3.63) is 35.9 Å². The maximum atomic E-state index is 10.6. The van der Waals surface area contributed by atoms with Gasteiger partial charge in [-0.2, -0.15) is 0 Å². The third kappa shape index (κ3) is 4.17. The second-order valence-corrected chi connectivity index (χ2v) is 2.95. The van der Waals surface area contributed by atoms with Crippen molar-refractivity contribution in [1.82, 2.24) is 0 Å². The molecular weight excluding hydrogens is 194 g/mol. The van der Waals surface area contributed by atoms with E-state index in [-0.39, 0.29) is 5.71 Å². The van der Waals surface area contributed by atoms with Crippen molar-refractivity contribution >= 4 is 18.0 Å². The second-order valence-electron chi connectivity index (χ2n) is 2.95. The van der Waals surface area contributed by atoms with Gasteiger partial charge < -0.3 is 4.84 Å². The lowest BCUT2D eigenvalue weighted by atomic mass is 10.1. The highest BCUT2D eigenvalue weighted by Crippen LogP contribution is 2.00. The van der Waals surface area contributed by atoms with E-state index in [4.69, 9.17) is 0 Å². The molecule has 0 fully saturated rings. The molecule has 78 valence electrons. The van der Waals surface area contributed by atoms with Crippen molar-refractivity contribution in [2.24, 2.45) is 5.16 Å². The van der Waals surface area contributed by atoms with Crippen molar-refractivity contribution in [1.29, 1.82) is 0 Å². The Morgan fingerprint density at radius 2 is 2.07 bits per heavy atom. The third-order valence-electron chi connectivity index (χ3n) is 1.66. The Balaban J connectivity index is 2.65. The lowest BCUT2D eigenvalue weighted by Crippen LogP contribution is -2.06. The van der Waals surface area contributed by atoms with Crippen LogP contribution in [0.15, 0.2) is 35.5 Å². The lowest BCUT2D eigenvalue weighted by molar-refractivity contribution is -0.140. The zero-order valence-electron chi connectivity index (χ0n) is 8.34. The fraction of sp³-hybridized carbons (Fsp3) is 0.182. The Bertz CT molecular complexity index is 371. The van der Waals surface area contributed by atoms with Crippen LogP contribution in [0.2, 0.25) is 0 Å². The average Bonchev–Trinajstić information content (AvgIpc) is 2.25. The zero-order chi connectivity index (χ0) is 11.1. The normalized spacial score (nSPS) is 10.9. The molecule has 15 heavy (non-hydrogen) atoms. The summed E-state index contributed by atoms with van der Waals surface area (Å²) in [5.41, 5.74) is 1.13. The Morgan fingerprint density at radius 3 is 2.60 bits per heavy atom. The molecule has 0 heterocycles. The van der Waals surface area contributed by atoms with Gasteiger partial charge >= 0.3 is 5.97 Å². The number of carbonyl (C=O) groups excluding carboxylic acids is 2. The minimum Gasteiger partial charge on any atom is -0.318 e. The summed E-state index contributed by atoms with van der Waals surface area (Å²) in [6.45, 7) is 1.23. The number of oxime groups is 1. The van der Waals surface area contributed by atoms with Gasteiger partial charge in [-0.1, -0.05) is 35.5 Å². The molecule has 1 aromatic rings. The van der Waals surface area contributed by atoms with E-state index in [1.807, 2.05) is 30.3 Å². The van der Waals surface area contributed by atoms with Gasteiger partial charge in [0.15, 0.2) is 6.29 Å². The predicted octanol–water partition coefficient (Wildman–Crippen LogP) is 1.35. The van der Waals surface area contributed by atoms with Crippen LogP contribution in [-0.4, -0.2) is 18.0 Å². The first-order valence-corrected chi connectivity index (χ1v) is 4.46. The van der Waals surface area contributed by atoms with Crippen LogP contribution >= 0.6 is 0 Å². The Hall–Kier alpha value is -1.97. The predicted molar refractivity (Wildman–Crippen MR) is 55.4 cm³/mol. The van der Waals surface area contributed by atoms with Gasteiger partial charge in [0.2, 0.25) is 0 Å². The second kappa shape index (κ2) is 5.70. The van der Waals surface area contributed by atoms with Crippen LogP contribution in [0.4, 0.5) is 0 Å². The molecule has 0 bridgehead atoms. The minimum atomic E-state index is -0.539. The van der Waals surface area contributed by atoms with Crippen molar-refractivity contribution < 1.29 is 14.4 Å². The summed E-state index contributed by atoms with van der Waals surface area (Å²) in [6.07, 6.45) is 0.938. The first kappa shape index (κ1) is 11.1. The van der Waals surface area contributed by atoms with Gasteiger partial charge in [-0.3, -0.25) is 4.79 Å². The first-order valence-electron chi connectivity index (χ1n) is 4.46. The highest BCUT2D eigenvalue weighted by atomic mass is 16.7. The van der Waals surface area contributed by atoms with E-state index in [9.17, 15) is 9.59 Å². The topological polar surface area (TPSA) is 55.7 Å². The first-order chi connectivity index (χ1) is 7.22. The van der Waals surface area contributed by atoms with Crippen LogP contribution in [0, 0.1) is 0 Å². The van der Waals surface area contributed by atoms with Crippen molar-refractivity contribution in [2.75, 3.05) is 0 Å². The molecule has 1 rings (SSSR count). The third-order valence-corrected chi connectivity index (χ3v) is 1.66. The molecule has 0 unspecified atom stereocenters.